The van der Waals surface area contributed by atoms with Crippen molar-refractivity contribution in [1.82, 2.24) is 18.8 Å². The number of aromatic nitrogens is 3. The molecule has 8 heteroatoms. The molecule has 29 heavy (non-hydrogen) atoms. The molecule has 3 aromatic rings. The lowest BCUT2D eigenvalue weighted by molar-refractivity contribution is 0.477. The van der Waals surface area contributed by atoms with Crippen molar-refractivity contribution >= 4 is 15.8 Å². The van der Waals surface area contributed by atoms with Crippen molar-refractivity contribution < 1.29 is 8.42 Å². The Hall–Kier alpha value is -2.71. The van der Waals surface area contributed by atoms with Gasteiger partial charge in [-0.05, 0) is 43.0 Å². The van der Waals surface area contributed by atoms with Crippen LogP contribution in [-0.2, 0) is 23.1 Å². The molecular weight excluding hydrogens is 386 g/mol. The fourth-order valence-corrected chi connectivity index (χ4v) is 4.98. The number of aryl methyl sites for hydroxylation is 1. The average Bonchev–Trinajstić information content (AvgIpc) is 3.40. The van der Waals surface area contributed by atoms with Crippen LogP contribution in [0.15, 0.2) is 59.9 Å². The molecule has 0 bridgehead atoms. The molecule has 1 saturated heterocycles. The quantitative estimate of drug-likeness (QED) is 0.646. The molecule has 1 aromatic carbocycles. The minimum absolute atomic E-state index is 0.252. The van der Waals surface area contributed by atoms with E-state index in [2.05, 4.69) is 38.1 Å². The molecule has 152 valence electrons. The number of hydrogen-bond acceptors (Lipinski definition) is 5. The van der Waals surface area contributed by atoms with E-state index in [1.54, 1.807) is 18.3 Å². The van der Waals surface area contributed by atoms with Crippen molar-refractivity contribution in [3.63, 3.8) is 0 Å². The first kappa shape index (κ1) is 19.6. The Morgan fingerprint density at radius 1 is 1.07 bits per heavy atom. The Morgan fingerprint density at radius 3 is 2.55 bits per heavy atom. The third kappa shape index (κ3) is 4.49. The number of anilines is 1. The molecule has 3 heterocycles. The Bertz CT molecular complexity index is 1070. The third-order valence-corrected chi connectivity index (χ3v) is 7.06. The lowest BCUT2D eigenvalue weighted by atomic mass is 10.1. The van der Waals surface area contributed by atoms with Gasteiger partial charge < -0.3 is 9.88 Å². The Labute approximate surface area is 171 Å². The summed E-state index contributed by atoms with van der Waals surface area (Å²) in [6, 6.07) is 11.7. The summed E-state index contributed by atoms with van der Waals surface area (Å²) in [4.78, 5) is 8.81. The maximum absolute atomic E-state index is 12.6. The second-order valence-electron chi connectivity index (χ2n) is 7.27. The van der Waals surface area contributed by atoms with Crippen molar-refractivity contribution in [2.24, 2.45) is 0 Å². The van der Waals surface area contributed by atoms with Gasteiger partial charge in [0.15, 0.2) is 0 Å². The maximum atomic E-state index is 12.6. The highest BCUT2D eigenvalue weighted by Gasteiger charge is 2.27. The molecule has 1 aliphatic heterocycles. The number of imidazole rings is 1. The van der Waals surface area contributed by atoms with Crippen molar-refractivity contribution in [3.05, 3.63) is 71.9 Å². The van der Waals surface area contributed by atoms with Gasteiger partial charge in [0, 0.05) is 44.8 Å². The highest BCUT2D eigenvalue weighted by Crippen LogP contribution is 2.21. The van der Waals surface area contributed by atoms with Crippen LogP contribution in [0.5, 0.6) is 0 Å². The van der Waals surface area contributed by atoms with E-state index in [1.165, 1.54) is 16.1 Å². The molecular formula is C21H25N5O2S. The molecule has 2 aromatic heterocycles. The fraction of sp³-hybridized carbons (Fsp3) is 0.333. The van der Waals surface area contributed by atoms with Gasteiger partial charge in [0.05, 0.1) is 0 Å². The van der Waals surface area contributed by atoms with E-state index in [0.717, 1.165) is 30.8 Å². The SMILES string of the molecule is Cc1nccn1Cc1cccc(CNc2ccc(S(=O)(=O)N3CCCC3)cn2)c1. The molecule has 0 unspecified atom stereocenters. The van der Waals surface area contributed by atoms with Gasteiger partial charge in [-0.15, -0.1) is 0 Å². The van der Waals surface area contributed by atoms with E-state index in [-0.39, 0.29) is 4.90 Å². The van der Waals surface area contributed by atoms with Gasteiger partial charge in [-0.1, -0.05) is 24.3 Å². The fourth-order valence-electron chi connectivity index (χ4n) is 3.51. The van der Waals surface area contributed by atoms with E-state index < -0.39 is 10.0 Å². The number of pyridine rings is 1. The van der Waals surface area contributed by atoms with Crippen LogP contribution in [0.3, 0.4) is 0 Å². The zero-order valence-electron chi connectivity index (χ0n) is 16.5. The van der Waals surface area contributed by atoms with Crippen LogP contribution >= 0.6 is 0 Å². The van der Waals surface area contributed by atoms with Gasteiger partial charge in [0.2, 0.25) is 10.0 Å². The van der Waals surface area contributed by atoms with E-state index in [9.17, 15) is 8.42 Å². The van der Waals surface area contributed by atoms with Crippen LogP contribution in [0.4, 0.5) is 5.82 Å². The van der Waals surface area contributed by atoms with Crippen LogP contribution < -0.4 is 5.32 Å². The Morgan fingerprint density at radius 2 is 1.86 bits per heavy atom. The minimum atomic E-state index is -3.42. The van der Waals surface area contributed by atoms with Gasteiger partial charge in [0.25, 0.3) is 0 Å². The summed E-state index contributed by atoms with van der Waals surface area (Å²) in [6.45, 7) is 4.57. The summed E-state index contributed by atoms with van der Waals surface area (Å²) in [7, 11) is -3.42. The van der Waals surface area contributed by atoms with Crippen LogP contribution in [0, 0.1) is 6.92 Å². The standard InChI is InChI=1S/C21H25N5O2S/c1-17-22-9-12-25(17)16-19-6-4-5-18(13-19)14-23-21-8-7-20(15-24-21)29(27,28)26-10-2-3-11-26/h4-9,12-13,15H,2-3,10-11,14,16H2,1H3,(H,23,24). The first-order chi connectivity index (χ1) is 14.0. The van der Waals surface area contributed by atoms with Crippen LogP contribution in [0.1, 0.15) is 29.8 Å². The van der Waals surface area contributed by atoms with Gasteiger partial charge in [0.1, 0.15) is 16.5 Å². The highest BCUT2D eigenvalue weighted by atomic mass is 32.2. The van der Waals surface area contributed by atoms with Crippen LogP contribution in [0.25, 0.3) is 0 Å². The molecule has 1 aliphatic rings. The second-order valence-corrected chi connectivity index (χ2v) is 9.20. The number of rotatable bonds is 7. The summed E-state index contributed by atoms with van der Waals surface area (Å²) in [5.41, 5.74) is 2.33. The lowest BCUT2D eigenvalue weighted by Crippen LogP contribution is -2.27. The monoisotopic (exact) mass is 411 g/mol. The summed E-state index contributed by atoms with van der Waals surface area (Å²) in [5, 5.41) is 3.27. The van der Waals surface area contributed by atoms with E-state index in [0.29, 0.717) is 25.5 Å². The highest BCUT2D eigenvalue weighted by molar-refractivity contribution is 7.89. The van der Waals surface area contributed by atoms with Gasteiger partial charge in [-0.25, -0.2) is 18.4 Å². The molecule has 0 atom stereocenters. The topological polar surface area (TPSA) is 80.1 Å². The van der Waals surface area contributed by atoms with Gasteiger partial charge in [-0.3, -0.25) is 0 Å². The average molecular weight is 412 g/mol. The molecule has 0 amide bonds. The molecule has 4 rings (SSSR count). The number of hydrogen-bond donors (Lipinski definition) is 1. The molecule has 0 spiro atoms. The zero-order valence-corrected chi connectivity index (χ0v) is 17.3. The Kier molecular flexibility index (Phi) is 5.64. The van der Waals surface area contributed by atoms with E-state index >= 15 is 0 Å². The second kappa shape index (κ2) is 8.34. The van der Waals surface area contributed by atoms with Crippen molar-refractivity contribution in [2.75, 3.05) is 18.4 Å². The van der Waals surface area contributed by atoms with Crippen molar-refractivity contribution in [1.29, 1.82) is 0 Å². The van der Waals surface area contributed by atoms with Crippen molar-refractivity contribution in [2.45, 2.75) is 37.8 Å². The molecule has 0 radical (unpaired) electrons. The summed E-state index contributed by atoms with van der Waals surface area (Å²) < 4.78 is 28.8. The van der Waals surface area contributed by atoms with Crippen LogP contribution in [0.2, 0.25) is 0 Å². The number of benzene rings is 1. The first-order valence-electron chi connectivity index (χ1n) is 9.78. The normalized spacial score (nSPS) is 14.9. The number of nitrogens with zero attached hydrogens (tertiary/aromatic N) is 4. The van der Waals surface area contributed by atoms with Crippen LogP contribution in [-0.4, -0.2) is 40.3 Å². The Balaban J connectivity index is 1.39. The zero-order chi connectivity index (χ0) is 20.3. The summed E-state index contributed by atoms with van der Waals surface area (Å²) in [5.74, 6) is 1.64. The maximum Gasteiger partial charge on any atom is 0.244 e. The van der Waals surface area contributed by atoms with Gasteiger partial charge >= 0.3 is 0 Å². The molecule has 1 fully saturated rings. The predicted octanol–water partition coefficient (Wildman–Crippen LogP) is 3.03. The molecule has 1 N–H and O–H groups in total. The van der Waals surface area contributed by atoms with Crippen molar-refractivity contribution in [3.8, 4) is 0 Å². The molecule has 0 aliphatic carbocycles. The lowest BCUT2D eigenvalue weighted by Gasteiger charge is -2.15. The first-order valence-corrected chi connectivity index (χ1v) is 11.2. The third-order valence-electron chi connectivity index (χ3n) is 5.18. The smallest absolute Gasteiger partial charge is 0.244 e. The predicted molar refractivity (Wildman–Crippen MR) is 112 cm³/mol. The number of sulfonamides is 1. The molecule has 7 nitrogen and oxygen atoms in total. The van der Waals surface area contributed by atoms with E-state index in [1.807, 2.05) is 19.2 Å². The molecule has 0 saturated carbocycles. The number of nitrogens with one attached hydrogen (secondary N) is 1. The summed E-state index contributed by atoms with van der Waals surface area (Å²) in [6.07, 6.45) is 7.06. The summed E-state index contributed by atoms with van der Waals surface area (Å²) >= 11 is 0. The van der Waals surface area contributed by atoms with E-state index in [4.69, 9.17) is 0 Å². The largest absolute Gasteiger partial charge is 0.366 e. The minimum Gasteiger partial charge on any atom is -0.366 e. The van der Waals surface area contributed by atoms with Gasteiger partial charge in [-0.2, -0.15) is 4.31 Å².